The van der Waals surface area contributed by atoms with E-state index in [4.69, 9.17) is 4.74 Å². The van der Waals surface area contributed by atoms with Crippen molar-refractivity contribution in [1.82, 2.24) is 4.90 Å². The molecule has 1 saturated heterocycles. The lowest BCUT2D eigenvalue weighted by Gasteiger charge is -2.23. The Morgan fingerprint density at radius 2 is 1.94 bits per heavy atom. The third-order valence-electron chi connectivity index (χ3n) is 3.43. The Morgan fingerprint density at radius 1 is 1.22 bits per heavy atom. The van der Waals surface area contributed by atoms with Crippen LogP contribution in [0.3, 0.4) is 0 Å². The van der Waals surface area contributed by atoms with Gasteiger partial charge in [-0.15, -0.1) is 0 Å². The molecule has 0 unspecified atom stereocenters. The minimum atomic E-state index is 0.756. The first-order chi connectivity index (χ1) is 8.75. The topological polar surface area (TPSA) is 24.5 Å². The summed E-state index contributed by atoms with van der Waals surface area (Å²) in [5.74, 6) is 0.756. The van der Waals surface area contributed by atoms with Crippen LogP contribution < -0.4 is 5.32 Å². The third-order valence-corrected chi connectivity index (χ3v) is 3.43. The molecular formula is C15H24N2O. The van der Waals surface area contributed by atoms with Gasteiger partial charge in [-0.3, -0.25) is 0 Å². The second kappa shape index (κ2) is 6.76. The van der Waals surface area contributed by atoms with E-state index >= 15 is 0 Å². The van der Waals surface area contributed by atoms with Gasteiger partial charge in [0.2, 0.25) is 0 Å². The zero-order valence-electron chi connectivity index (χ0n) is 11.5. The molecular weight excluding hydrogens is 224 g/mol. The molecule has 1 fully saturated rings. The summed E-state index contributed by atoms with van der Waals surface area (Å²) < 4.78 is 5.39. The van der Waals surface area contributed by atoms with E-state index in [9.17, 15) is 0 Å². The lowest BCUT2D eigenvalue weighted by molar-refractivity contribution is 0.0699. The summed E-state index contributed by atoms with van der Waals surface area (Å²) in [5.41, 5.74) is 2.65. The van der Waals surface area contributed by atoms with E-state index in [2.05, 4.69) is 48.6 Å². The lowest BCUT2D eigenvalue weighted by atomic mass is 10.00. The van der Waals surface area contributed by atoms with E-state index in [1.807, 2.05) is 0 Å². The SMILES string of the molecule is CN(C)Cc1ccccc1NCC1CCOCC1. The molecule has 3 nitrogen and oxygen atoms in total. The van der Waals surface area contributed by atoms with E-state index in [0.717, 1.165) is 32.2 Å². The first-order valence-electron chi connectivity index (χ1n) is 6.80. The maximum absolute atomic E-state index is 5.39. The number of para-hydroxylation sites is 1. The quantitative estimate of drug-likeness (QED) is 0.867. The molecule has 0 amide bonds. The van der Waals surface area contributed by atoms with Crippen molar-refractivity contribution in [3.8, 4) is 0 Å². The van der Waals surface area contributed by atoms with Crippen LogP contribution in [0.15, 0.2) is 24.3 Å². The molecule has 1 heterocycles. The second-order valence-electron chi connectivity index (χ2n) is 5.33. The van der Waals surface area contributed by atoms with Crippen molar-refractivity contribution in [2.45, 2.75) is 19.4 Å². The van der Waals surface area contributed by atoms with Gasteiger partial charge in [-0.2, -0.15) is 0 Å². The van der Waals surface area contributed by atoms with Crippen molar-refractivity contribution in [1.29, 1.82) is 0 Å². The van der Waals surface area contributed by atoms with Crippen LogP contribution in [0.5, 0.6) is 0 Å². The van der Waals surface area contributed by atoms with Crippen LogP contribution in [0.25, 0.3) is 0 Å². The molecule has 3 heteroatoms. The van der Waals surface area contributed by atoms with Gasteiger partial charge < -0.3 is 15.0 Å². The standard InChI is InChI=1S/C15H24N2O/c1-17(2)12-14-5-3-4-6-15(14)16-11-13-7-9-18-10-8-13/h3-6,13,16H,7-12H2,1-2H3. The minimum absolute atomic E-state index is 0.756. The zero-order valence-corrected chi connectivity index (χ0v) is 11.5. The molecule has 0 bridgehead atoms. The maximum atomic E-state index is 5.39. The van der Waals surface area contributed by atoms with E-state index in [-0.39, 0.29) is 0 Å². The number of hydrogen-bond acceptors (Lipinski definition) is 3. The van der Waals surface area contributed by atoms with Crippen molar-refractivity contribution in [2.75, 3.05) is 39.2 Å². The van der Waals surface area contributed by atoms with Gasteiger partial charge in [0.15, 0.2) is 0 Å². The van der Waals surface area contributed by atoms with Gasteiger partial charge in [0.05, 0.1) is 0 Å². The maximum Gasteiger partial charge on any atom is 0.0469 e. The number of ether oxygens (including phenoxy) is 1. The van der Waals surface area contributed by atoms with Gasteiger partial charge in [-0.05, 0) is 44.5 Å². The summed E-state index contributed by atoms with van der Waals surface area (Å²) in [6.07, 6.45) is 2.37. The first kappa shape index (κ1) is 13.4. The van der Waals surface area contributed by atoms with Gasteiger partial charge in [0, 0.05) is 32.0 Å². The van der Waals surface area contributed by atoms with Crippen LogP contribution in [0.2, 0.25) is 0 Å². The number of benzene rings is 1. The van der Waals surface area contributed by atoms with Gasteiger partial charge in [0.1, 0.15) is 0 Å². The number of rotatable bonds is 5. The Hall–Kier alpha value is -1.06. The van der Waals surface area contributed by atoms with Crippen LogP contribution in [0.4, 0.5) is 5.69 Å². The van der Waals surface area contributed by atoms with Gasteiger partial charge in [-0.1, -0.05) is 18.2 Å². The monoisotopic (exact) mass is 248 g/mol. The highest BCUT2D eigenvalue weighted by atomic mass is 16.5. The number of hydrogen-bond donors (Lipinski definition) is 1. The summed E-state index contributed by atoms with van der Waals surface area (Å²) in [5, 5.41) is 3.61. The van der Waals surface area contributed by atoms with E-state index < -0.39 is 0 Å². The predicted octanol–water partition coefficient (Wildman–Crippen LogP) is 2.59. The summed E-state index contributed by atoms with van der Waals surface area (Å²) in [6.45, 7) is 3.89. The molecule has 0 radical (unpaired) electrons. The normalized spacial score (nSPS) is 17.1. The fourth-order valence-corrected chi connectivity index (χ4v) is 2.38. The average molecular weight is 248 g/mol. The Bertz CT molecular complexity index is 359. The molecule has 1 aromatic rings. The fraction of sp³-hybridized carbons (Fsp3) is 0.600. The van der Waals surface area contributed by atoms with Crippen molar-refractivity contribution >= 4 is 5.69 Å². The minimum Gasteiger partial charge on any atom is -0.385 e. The fourth-order valence-electron chi connectivity index (χ4n) is 2.38. The Balaban J connectivity index is 1.91. The molecule has 0 saturated carbocycles. The highest BCUT2D eigenvalue weighted by molar-refractivity contribution is 5.51. The summed E-state index contributed by atoms with van der Waals surface area (Å²) >= 11 is 0. The number of nitrogens with one attached hydrogen (secondary N) is 1. The van der Waals surface area contributed by atoms with Crippen molar-refractivity contribution < 1.29 is 4.74 Å². The molecule has 0 aromatic heterocycles. The van der Waals surface area contributed by atoms with Crippen molar-refractivity contribution in [3.05, 3.63) is 29.8 Å². The van der Waals surface area contributed by atoms with Crippen LogP contribution >= 0.6 is 0 Å². The Morgan fingerprint density at radius 3 is 2.67 bits per heavy atom. The zero-order chi connectivity index (χ0) is 12.8. The molecule has 0 atom stereocenters. The molecule has 2 rings (SSSR count). The lowest BCUT2D eigenvalue weighted by Crippen LogP contribution is -2.23. The molecule has 1 N–H and O–H groups in total. The van der Waals surface area contributed by atoms with Gasteiger partial charge >= 0.3 is 0 Å². The van der Waals surface area contributed by atoms with Gasteiger partial charge in [0.25, 0.3) is 0 Å². The molecule has 18 heavy (non-hydrogen) atoms. The molecule has 1 aromatic carbocycles. The Kier molecular flexibility index (Phi) is 5.02. The largest absolute Gasteiger partial charge is 0.385 e. The van der Waals surface area contributed by atoms with Crippen LogP contribution in [-0.2, 0) is 11.3 Å². The van der Waals surface area contributed by atoms with Gasteiger partial charge in [-0.25, -0.2) is 0 Å². The molecule has 1 aliphatic rings. The number of anilines is 1. The van der Waals surface area contributed by atoms with Crippen LogP contribution in [0.1, 0.15) is 18.4 Å². The van der Waals surface area contributed by atoms with E-state index in [1.165, 1.54) is 24.1 Å². The summed E-state index contributed by atoms with van der Waals surface area (Å²) in [4.78, 5) is 2.20. The van der Waals surface area contributed by atoms with Crippen LogP contribution in [-0.4, -0.2) is 38.8 Å². The van der Waals surface area contributed by atoms with E-state index in [1.54, 1.807) is 0 Å². The molecule has 100 valence electrons. The van der Waals surface area contributed by atoms with Crippen LogP contribution in [0, 0.1) is 5.92 Å². The highest BCUT2D eigenvalue weighted by Gasteiger charge is 2.13. The average Bonchev–Trinajstić information content (AvgIpc) is 2.38. The Labute approximate surface area is 110 Å². The molecule has 0 aliphatic carbocycles. The number of nitrogens with zero attached hydrogens (tertiary/aromatic N) is 1. The van der Waals surface area contributed by atoms with Crippen molar-refractivity contribution in [2.24, 2.45) is 5.92 Å². The van der Waals surface area contributed by atoms with E-state index in [0.29, 0.717) is 0 Å². The smallest absolute Gasteiger partial charge is 0.0469 e. The molecule has 0 spiro atoms. The second-order valence-corrected chi connectivity index (χ2v) is 5.33. The summed E-state index contributed by atoms with van der Waals surface area (Å²) in [7, 11) is 4.21. The third kappa shape index (κ3) is 4.00. The van der Waals surface area contributed by atoms with Crippen molar-refractivity contribution in [3.63, 3.8) is 0 Å². The predicted molar refractivity (Wildman–Crippen MR) is 75.9 cm³/mol. The highest BCUT2D eigenvalue weighted by Crippen LogP contribution is 2.19. The first-order valence-corrected chi connectivity index (χ1v) is 6.80. The summed E-state index contributed by atoms with van der Waals surface area (Å²) in [6, 6.07) is 8.59. The molecule has 1 aliphatic heterocycles.